The molecule has 0 aliphatic rings. The Morgan fingerprint density at radius 3 is 2.71 bits per heavy atom. The lowest BCUT2D eigenvalue weighted by atomic mass is 10.2. The molecular formula is C11H17N3O3. The van der Waals surface area contributed by atoms with Gasteiger partial charge in [-0.3, -0.25) is 4.98 Å². The number of rotatable bonds is 8. The molecule has 0 bridgehead atoms. The largest absolute Gasteiger partial charge is 0.476 e. The first-order valence-electron chi connectivity index (χ1n) is 5.64. The Morgan fingerprint density at radius 2 is 2.00 bits per heavy atom. The zero-order valence-electron chi connectivity index (χ0n) is 9.59. The Kier molecular flexibility index (Phi) is 5.95. The van der Waals surface area contributed by atoms with Crippen molar-refractivity contribution in [1.82, 2.24) is 9.97 Å². The third kappa shape index (κ3) is 5.26. The summed E-state index contributed by atoms with van der Waals surface area (Å²) in [5.74, 6) is -0.601. The average Bonchev–Trinajstić information content (AvgIpc) is 2.34. The molecule has 6 heteroatoms. The maximum Gasteiger partial charge on any atom is 0.356 e. The van der Waals surface area contributed by atoms with Gasteiger partial charge in [0.2, 0.25) is 0 Å². The molecule has 0 atom stereocenters. The summed E-state index contributed by atoms with van der Waals surface area (Å²) in [6.07, 6.45) is 6.53. The molecule has 0 radical (unpaired) electrons. The number of carboxylic acid groups (broad SMARTS) is 1. The predicted molar refractivity (Wildman–Crippen MR) is 63.0 cm³/mol. The number of hydrogen-bond acceptors (Lipinski definition) is 5. The van der Waals surface area contributed by atoms with E-state index in [4.69, 9.17) is 10.2 Å². The Morgan fingerprint density at radius 1 is 1.24 bits per heavy atom. The van der Waals surface area contributed by atoms with Gasteiger partial charge < -0.3 is 15.5 Å². The summed E-state index contributed by atoms with van der Waals surface area (Å²) in [6.45, 7) is 0.961. The second-order valence-corrected chi connectivity index (χ2v) is 3.66. The Bertz CT molecular complexity index is 358. The number of aliphatic hydroxyl groups excluding tert-OH is 1. The molecule has 6 nitrogen and oxygen atoms in total. The summed E-state index contributed by atoms with van der Waals surface area (Å²) in [4.78, 5) is 18.3. The smallest absolute Gasteiger partial charge is 0.356 e. The molecule has 3 N–H and O–H groups in total. The number of carbonyl (C=O) groups is 1. The summed E-state index contributed by atoms with van der Waals surface area (Å²) >= 11 is 0. The summed E-state index contributed by atoms with van der Waals surface area (Å²) < 4.78 is 0. The molecule has 0 unspecified atom stereocenters. The number of aliphatic hydroxyl groups is 1. The van der Waals surface area contributed by atoms with Gasteiger partial charge in [0.1, 0.15) is 5.82 Å². The molecule has 0 fully saturated rings. The Balaban J connectivity index is 2.27. The standard InChI is InChI=1S/C11H17N3O3/c15-6-4-2-1-3-5-13-10-8-12-7-9(14-10)11(16)17/h7-8,15H,1-6H2,(H,13,14)(H,16,17). The zero-order chi connectivity index (χ0) is 12.5. The first-order valence-corrected chi connectivity index (χ1v) is 5.64. The van der Waals surface area contributed by atoms with Crippen LogP contribution in [0.5, 0.6) is 0 Å². The quantitative estimate of drug-likeness (QED) is 0.589. The van der Waals surface area contributed by atoms with E-state index in [0.717, 1.165) is 32.2 Å². The zero-order valence-corrected chi connectivity index (χ0v) is 9.59. The van der Waals surface area contributed by atoms with Crippen molar-refractivity contribution in [3.8, 4) is 0 Å². The van der Waals surface area contributed by atoms with E-state index < -0.39 is 5.97 Å². The molecule has 0 saturated carbocycles. The molecule has 94 valence electrons. The van der Waals surface area contributed by atoms with Crippen LogP contribution in [0.25, 0.3) is 0 Å². The number of aromatic nitrogens is 2. The van der Waals surface area contributed by atoms with E-state index in [2.05, 4.69) is 15.3 Å². The average molecular weight is 239 g/mol. The van der Waals surface area contributed by atoms with E-state index in [9.17, 15) is 4.79 Å². The van der Waals surface area contributed by atoms with Crippen LogP contribution in [0.1, 0.15) is 36.2 Å². The van der Waals surface area contributed by atoms with Gasteiger partial charge in [0, 0.05) is 13.2 Å². The van der Waals surface area contributed by atoms with Gasteiger partial charge in [-0.05, 0) is 12.8 Å². The van der Waals surface area contributed by atoms with E-state index in [0.29, 0.717) is 5.82 Å². The molecule has 0 aliphatic carbocycles. The molecule has 17 heavy (non-hydrogen) atoms. The number of hydrogen-bond donors (Lipinski definition) is 3. The van der Waals surface area contributed by atoms with Crippen LogP contribution in [0.3, 0.4) is 0 Å². The van der Waals surface area contributed by atoms with Crippen LogP contribution in [-0.4, -0.2) is 39.3 Å². The monoisotopic (exact) mass is 239 g/mol. The molecule has 0 amide bonds. The van der Waals surface area contributed by atoms with Crippen molar-refractivity contribution in [3.63, 3.8) is 0 Å². The van der Waals surface area contributed by atoms with Crippen molar-refractivity contribution in [2.24, 2.45) is 0 Å². The van der Waals surface area contributed by atoms with Crippen LogP contribution >= 0.6 is 0 Å². The second-order valence-electron chi connectivity index (χ2n) is 3.66. The molecule has 0 aliphatic heterocycles. The van der Waals surface area contributed by atoms with Crippen LogP contribution in [0.4, 0.5) is 5.82 Å². The lowest BCUT2D eigenvalue weighted by Gasteiger charge is -2.05. The van der Waals surface area contributed by atoms with Crippen LogP contribution in [0.15, 0.2) is 12.4 Å². The SMILES string of the molecule is O=C(O)c1cncc(NCCCCCCO)n1. The van der Waals surface area contributed by atoms with Crippen LogP contribution in [-0.2, 0) is 0 Å². The highest BCUT2D eigenvalue weighted by molar-refractivity contribution is 5.85. The molecule has 1 aromatic rings. The third-order valence-corrected chi connectivity index (χ3v) is 2.24. The molecule has 0 saturated heterocycles. The number of nitrogens with zero attached hydrogens (tertiary/aromatic N) is 2. The maximum absolute atomic E-state index is 10.6. The number of anilines is 1. The first kappa shape index (κ1) is 13.4. The van der Waals surface area contributed by atoms with Crippen LogP contribution in [0.2, 0.25) is 0 Å². The van der Waals surface area contributed by atoms with Gasteiger partial charge in [-0.2, -0.15) is 0 Å². The van der Waals surface area contributed by atoms with Gasteiger partial charge in [0.15, 0.2) is 5.69 Å². The summed E-state index contributed by atoms with van der Waals surface area (Å²) in [7, 11) is 0. The second kappa shape index (κ2) is 7.56. The van der Waals surface area contributed by atoms with E-state index >= 15 is 0 Å². The highest BCUT2D eigenvalue weighted by atomic mass is 16.4. The fourth-order valence-electron chi connectivity index (χ4n) is 1.36. The van der Waals surface area contributed by atoms with E-state index in [-0.39, 0.29) is 12.3 Å². The molecule has 0 aromatic carbocycles. The number of aromatic carboxylic acids is 1. The first-order chi connectivity index (χ1) is 8.24. The van der Waals surface area contributed by atoms with E-state index in [1.165, 1.54) is 12.4 Å². The topological polar surface area (TPSA) is 95.3 Å². The molecule has 0 spiro atoms. The van der Waals surface area contributed by atoms with Crippen molar-refractivity contribution >= 4 is 11.8 Å². The number of unbranched alkanes of at least 4 members (excludes halogenated alkanes) is 3. The number of carboxylic acids is 1. The normalized spacial score (nSPS) is 10.2. The predicted octanol–water partition coefficient (Wildman–Crippen LogP) is 1.14. The lowest BCUT2D eigenvalue weighted by molar-refractivity contribution is 0.0690. The van der Waals surface area contributed by atoms with Crippen molar-refractivity contribution in [2.75, 3.05) is 18.5 Å². The minimum atomic E-state index is -1.08. The van der Waals surface area contributed by atoms with Gasteiger partial charge in [-0.25, -0.2) is 9.78 Å². The van der Waals surface area contributed by atoms with E-state index in [1.54, 1.807) is 0 Å². The van der Waals surface area contributed by atoms with Gasteiger partial charge in [-0.15, -0.1) is 0 Å². The van der Waals surface area contributed by atoms with Crippen molar-refractivity contribution < 1.29 is 15.0 Å². The van der Waals surface area contributed by atoms with Crippen molar-refractivity contribution in [2.45, 2.75) is 25.7 Å². The molecular weight excluding hydrogens is 222 g/mol. The number of nitrogens with one attached hydrogen (secondary N) is 1. The summed E-state index contributed by atoms with van der Waals surface area (Å²) in [5, 5.41) is 20.3. The summed E-state index contributed by atoms with van der Waals surface area (Å²) in [6, 6.07) is 0. The highest BCUT2D eigenvalue weighted by Gasteiger charge is 2.05. The van der Waals surface area contributed by atoms with Crippen molar-refractivity contribution in [3.05, 3.63) is 18.1 Å². The van der Waals surface area contributed by atoms with Crippen molar-refractivity contribution in [1.29, 1.82) is 0 Å². The third-order valence-electron chi connectivity index (χ3n) is 2.24. The molecule has 1 aromatic heterocycles. The molecule has 1 rings (SSSR count). The van der Waals surface area contributed by atoms with Crippen LogP contribution < -0.4 is 5.32 Å². The minimum Gasteiger partial charge on any atom is -0.476 e. The Hall–Kier alpha value is -1.69. The van der Waals surface area contributed by atoms with Gasteiger partial charge in [-0.1, -0.05) is 12.8 Å². The van der Waals surface area contributed by atoms with Gasteiger partial charge in [0.25, 0.3) is 0 Å². The van der Waals surface area contributed by atoms with Gasteiger partial charge >= 0.3 is 5.97 Å². The molecule has 1 heterocycles. The lowest BCUT2D eigenvalue weighted by Crippen LogP contribution is -2.07. The Labute approximate surface area is 99.7 Å². The fourth-order valence-corrected chi connectivity index (χ4v) is 1.36. The van der Waals surface area contributed by atoms with Crippen LogP contribution in [0, 0.1) is 0 Å². The fraction of sp³-hybridized carbons (Fsp3) is 0.545. The summed E-state index contributed by atoms with van der Waals surface area (Å²) in [5.41, 5.74) is -0.0599. The van der Waals surface area contributed by atoms with Gasteiger partial charge in [0.05, 0.1) is 12.4 Å². The minimum absolute atomic E-state index is 0.0599. The van der Waals surface area contributed by atoms with E-state index in [1.807, 2.05) is 0 Å². The maximum atomic E-state index is 10.6. The highest BCUT2D eigenvalue weighted by Crippen LogP contribution is 2.04.